The molecule has 0 saturated carbocycles. The standard InChI is InChI=1S/C13H28N2O/c1-6-8-9-13(3,7-2)12(16)14-10-11-15(4)5/h6-11H2,1-5H3,(H,14,16). The Bertz CT molecular complexity index is 204. The number of likely N-dealkylation sites (N-methyl/N-ethyl adjacent to an activating group) is 1. The molecule has 0 fully saturated rings. The average Bonchev–Trinajstić information content (AvgIpc) is 2.25. The van der Waals surface area contributed by atoms with Gasteiger partial charge in [-0.1, -0.05) is 33.6 Å². The normalized spacial score (nSPS) is 14.9. The van der Waals surface area contributed by atoms with E-state index in [0.717, 1.165) is 38.8 Å². The fraction of sp³-hybridized carbons (Fsp3) is 0.923. The van der Waals surface area contributed by atoms with Gasteiger partial charge in [-0.2, -0.15) is 0 Å². The number of unbranched alkanes of at least 4 members (excludes halogenated alkanes) is 1. The molecule has 16 heavy (non-hydrogen) atoms. The van der Waals surface area contributed by atoms with Crippen LogP contribution in [-0.4, -0.2) is 38.0 Å². The van der Waals surface area contributed by atoms with Crippen LogP contribution in [0.4, 0.5) is 0 Å². The predicted molar refractivity (Wildman–Crippen MR) is 69.5 cm³/mol. The van der Waals surface area contributed by atoms with E-state index < -0.39 is 0 Å². The summed E-state index contributed by atoms with van der Waals surface area (Å²) in [7, 11) is 4.03. The molecule has 0 aromatic rings. The first-order chi connectivity index (χ1) is 7.46. The molecule has 0 aliphatic heterocycles. The Labute approximate surface area is 101 Å². The molecule has 1 unspecified atom stereocenters. The van der Waals surface area contributed by atoms with Crippen molar-refractivity contribution in [2.75, 3.05) is 27.2 Å². The average molecular weight is 228 g/mol. The van der Waals surface area contributed by atoms with Gasteiger partial charge in [-0.15, -0.1) is 0 Å². The number of carbonyl (C=O) groups is 1. The van der Waals surface area contributed by atoms with Gasteiger partial charge in [0.2, 0.25) is 5.91 Å². The third-order valence-electron chi connectivity index (χ3n) is 3.26. The summed E-state index contributed by atoms with van der Waals surface area (Å²) in [4.78, 5) is 14.1. The van der Waals surface area contributed by atoms with Gasteiger partial charge in [0.1, 0.15) is 0 Å². The van der Waals surface area contributed by atoms with Crippen molar-refractivity contribution in [3.63, 3.8) is 0 Å². The van der Waals surface area contributed by atoms with Crippen molar-refractivity contribution >= 4 is 5.91 Å². The van der Waals surface area contributed by atoms with Gasteiger partial charge in [-0.25, -0.2) is 0 Å². The Morgan fingerprint density at radius 2 is 1.94 bits per heavy atom. The Morgan fingerprint density at radius 3 is 2.38 bits per heavy atom. The monoisotopic (exact) mass is 228 g/mol. The Hall–Kier alpha value is -0.570. The van der Waals surface area contributed by atoms with Crippen molar-refractivity contribution in [3.05, 3.63) is 0 Å². The summed E-state index contributed by atoms with van der Waals surface area (Å²) in [5.41, 5.74) is -0.178. The van der Waals surface area contributed by atoms with Crippen molar-refractivity contribution < 1.29 is 4.79 Å². The zero-order valence-corrected chi connectivity index (χ0v) is 11.6. The van der Waals surface area contributed by atoms with Crippen molar-refractivity contribution in [1.82, 2.24) is 10.2 Å². The number of rotatable bonds is 8. The molecule has 0 heterocycles. The molecule has 0 aliphatic carbocycles. The summed E-state index contributed by atoms with van der Waals surface area (Å²) in [6.45, 7) is 7.99. The van der Waals surface area contributed by atoms with Gasteiger partial charge in [0, 0.05) is 18.5 Å². The molecular formula is C13H28N2O. The van der Waals surface area contributed by atoms with Gasteiger partial charge in [0.05, 0.1) is 0 Å². The van der Waals surface area contributed by atoms with E-state index in [1.165, 1.54) is 0 Å². The molecule has 0 radical (unpaired) electrons. The minimum atomic E-state index is -0.178. The molecule has 1 N–H and O–H groups in total. The number of nitrogens with zero attached hydrogens (tertiary/aromatic N) is 1. The van der Waals surface area contributed by atoms with Crippen LogP contribution in [0.5, 0.6) is 0 Å². The van der Waals surface area contributed by atoms with Crippen LogP contribution in [-0.2, 0) is 4.79 Å². The highest BCUT2D eigenvalue weighted by molar-refractivity contribution is 5.82. The predicted octanol–water partition coefficient (Wildman–Crippen LogP) is 2.27. The lowest BCUT2D eigenvalue weighted by Crippen LogP contribution is -2.41. The van der Waals surface area contributed by atoms with Crippen molar-refractivity contribution in [2.45, 2.75) is 46.5 Å². The van der Waals surface area contributed by atoms with E-state index in [1.54, 1.807) is 0 Å². The SMILES string of the molecule is CCCCC(C)(CC)C(=O)NCCN(C)C. The Morgan fingerprint density at radius 1 is 1.31 bits per heavy atom. The third kappa shape index (κ3) is 5.50. The highest BCUT2D eigenvalue weighted by atomic mass is 16.2. The summed E-state index contributed by atoms with van der Waals surface area (Å²) in [5, 5.41) is 3.03. The number of nitrogens with one attached hydrogen (secondary N) is 1. The first-order valence-corrected chi connectivity index (χ1v) is 6.39. The van der Waals surface area contributed by atoms with Gasteiger partial charge >= 0.3 is 0 Å². The zero-order chi connectivity index (χ0) is 12.6. The number of hydrogen-bond donors (Lipinski definition) is 1. The molecule has 1 atom stereocenters. The number of amides is 1. The van der Waals surface area contributed by atoms with Crippen LogP contribution in [0.15, 0.2) is 0 Å². The summed E-state index contributed by atoms with van der Waals surface area (Å²) < 4.78 is 0. The first-order valence-electron chi connectivity index (χ1n) is 6.39. The molecule has 0 spiro atoms. The van der Waals surface area contributed by atoms with E-state index in [4.69, 9.17) is 0 Å². The van der Waals surface area contributed by atoms with E-state index in [-0.39, 0.29) is 11.3 Å². The molecule has 3 nitrogen and oxygen atoms in total. The molecule has 0 aromatic carbocycles. The van der Waals surface area contributed by atoms with E-state index in [0.29, 0.717) is 0 Å². The summed E-state index contributed by atoms with van der Waals surface area (Å²) >= 11 is 0. The molecule has 0 aromatic heterocycles. The summed E-state index contributed by atoms with van der Waals surface area (Å²) in [6, 6.07) is 0. The van der Waals surface area contributed by atoms with E-state index in [9.17, 15) is 4.79 Å². The van der Waals surface area contributed by atoms with E-state index in [1.807, 2.05) is 14.1 Å². The molecule has 0 bridgehead atoms. The highest BCUT2D eigenvalue weighted by Crippen LogP contribution is 2.28. The highest BCUT2D eigenvalue weighted by Gasteiger charge is 2.29. The number of carbonyl (C=O) groups excluding carboxylic acids is 1. The Balaban J connectivity index is 4.08. The van der Waals surface area contributed by atoms with Crippen molar-refractivity contribution in [3.8, 4) is 0 Å². The van der Waals surface area contributed by atoms with E-state index in [2.05, 4.69) is 31.0 Å². The lowest BCUT2D eigenvalue weighted by atomic mass is 9.81. The van der Waals surface area contributed by atoms with Crippen LogP contribution >= 0.6 is 0 Å². The van der Waals surface area contributed by atoms with Crippen molar-refractivity contribution in [2.24, 2.45) is 5.41 Å². The molecule has 3 heteroatoms. The quantitative estimate of drug-likeness (QED) is 0.691. The second-order valence-electron chi connectivity index (χ2n) is 5.08. The largest absolute Gasteiger partial charge is 0.354 e. The molecule has 96 valence electrons. The first kappa shape index (κ1) is 15.4. The van der Waals surface area contributed by atoms with Gasteiger partial charge < -0.3 is 10.2 Å². The van der Waals surface area contributed by atoms with Crippen LogP contribution in [0.2, 0.25) is 0 Å². The Kier molecular flexibility index (Phi) is 7.39. The topological polar surface area (TPSA) is 32.3 Å². The lowest BCUT2D eigenvalue weighted by Gasteiger charge is -2.27. The summed E-state index contributed by atoms with van der Waals surface area (Å²) in [6.07, 6.45) is 4.20. The van der Waals surface area contributed by atoms with Crippen LogP contribution < -0.4 is 5.32 Å². The second-order valence-corrected chi connectivity index (χ2v) is 5.08. The van der Waals surface area contributed by atoms with Gasteiger partial charge in [0.25, 0.3) is 0 Å². The maximum absolute atomic E-state index is 12.1. The minimum Gasteiger partial charge on any atom is -0.354 e. The third-order valence-corrected chi connectivity index (χ3v) is 3.26. The zero-order valence-electron chi connectivity index (χ0n) is 11.6. The van der Waals surface area contributed by atoms with Crippen LogP contribution in [0.1, 0.15) is 46.5 Å². The maximum atomic E-state index is 12.1. The molecule has 0 saturated heterocycles. The van der Waals surface area contributed by atoms with E-state index >= 15 is 0 Å². The van der Waals surface area contributed by atoms with Gasteiger partial charge in [-0.05, 0) is 26.9 Å². The maximum Gasteiger partial charge on any atom is 0.225 e. The molecule has 1 amide bonds. The second kappa shape index (κ2) is 7.66. The van der Waals surface area contributed by atoms with Gasteiger partial charge in [-0.3, -0.25) is 4.79 Å². The van der Waals surface area contributed by atoms with Crippen LogP contribution in [0, 0.1) is 5.41 Å². The summed E-state index contributed by atoms with van der Waals surface area (Å²) in [5.74, 6) is 0.213. The minimum absolute atomic E-state index is 0.178. The van der Waals surface area contributed by atoms with Crippen LogP contribution in [0.25, 0.3) is 0 Å². The molecular weight excluding hydrogens is 200 g/mol. The fourth-order valence-corrected chi connectivity index (χ4v) is 1.62. The fourth-order valence-electron chi connectivity index (χ4n) is 1.62. The molecule has 0 rings (SSSR count). The van der Waals surface area contributed by atoms with Crippen molar-refractivity contribution in [1.29, 1.82) is 0 Å². The lowest BCUT2D eigenvalue weighted by molar-refractivity contribution is -0.130. The van der Waals surface area contributed by atoms with Crippen LogP contribution in [0.3, 0.4) is 0 Å². The molecule has 0 aliphatic rings. The number of hydrogen-bond acceptors (Lipinski definition) is 2. The van der Waals surface area contributed by atoms with Gasteiger partial charge in [0.15, 0.2) is 0 Å². The smallest absolute Gasteiger partial charge is 0.225 e.